The van der Waals surface area contributed by atoms with E-state index in [9.17, 15) is 0 Å². The quantitative estimate of drug-likeness (QED) is 0.541. The van der Waals surface area contributed by atoms with E-state index in [-0.39, 0.29) is 12.0 Å². The lowest BCUT2D eigenvalue weighted by Gasteiger charge is -2.43. The first-order valence-corrected chi connectivity index (χ1v) is 10.7. The van der Waals surface area contributed by atoms with Gasteiger partial charge >= 0.3 is 0 Å². The molecule has 3 aromatic heterocycles. The molecule has 5 heterocycles. The van der Waals surface area contributed by atoms with Crippen LogP contribution in [0.15, 0.2) is 53.1 Å². The van der Waals surface area contributed by atoms with E-state index in [0.717, 1.165) is 19.5 Å². The number of hydrogen-bond donors (Lipinski definition) is 1. The molecule has 1 aromatic carbocycles. The lowest BCUT2D eigenvalue weighted by molar-refractivity contribution is 0.195. The van der Waals surface area contributed by atoms with Crippen molar-refractivity contribution in [2.24, 2.45) is 0 Å². The molecule has 6 rings (SSSR count). The molecule has 9 heteroatoms. The van der Waals surface area contributed by atoms with Gasteiger partial charge in [-0.05, 0) is 43.5 Å². The minimum Gasteiger partial charge on any atom is -0.461 e. The van der Waals surface area contributed by atoms with E-state index >= 15 is 0 Å². The fraction of sp³-hybridized carbons (Fsp3) is 0.364. The standard InChI is InChI=1S/C22H24N8O/c23-20-25-21(26-22-24-19(27-30(20)22)18-9-5-11-31-18)29-14-16-8-4-10-28(16)13-17(29)12-15-6-2-1-3-7-15/h1-3,5-7,9,11,16-17H,4,8,10,12-14H2,(H2,23,24,25,26,27). The molecule has 0 amide bonds. The molecule has 2 aliphatic rings. The Morgan fingerprint density at radius 3 is 2.77 bits per heavy atom. The summed E-state index contributed by atoms with van der Waals surface area (Å²) >= 11 is 0. The molecule has 2 aliphatic heterocycles. The minimum atomic E-state index is 0.270. The van der Waals surface area contributed by atoms with Crippen molar-refractivity contribution in [3.63, 3.8) is 0 Å². The van der Waals surface area contributed by atoms with E-state index < -0.39 is 0 Å². The smallest absolute Gasteiger partial charge is 0.259 e. The van der Waals surface area contributed by atoms with Crippen LogP contribution in [0.4, 0.5) is 11.9 Å². The molecule has 158 valence electrons. The van der Waals surface area contributed by atoms with Gasteiger partial charge in [0.15, 0.2) is 5.76 Å². The van der Waals surface area contributed by atoms with Crippen LogP contribution in [0.5, 0.6) is 0 Å². The van der Waals surface area contributed by atoms with Gasteiger partial charge in [-0.25, -0.2) is 0 Å². The maximum atomic E-state index is 6.28. The van der Waals surface area contributed by atoms with Gasteiger partial charge in [-0.3, -0.25) is 4.90 Å². The zero-order valence-corrected chi connectivity index (χ0v) is 17.1. The number of aromatic nitrogens is 5. The number of nitrogens with two attached hydrogens (primary N) is 1. The maximum absolute atomic E-state index is 6.28. The summed E-state index contributed by atoms with van der Waals surface area (Å²) in [4.78, 5) is 18.9. The molecule has 2 N–H and O–H groups in total. The van der Waals surface area contributed by atoms with Crippen LogP contribution in [0, 0.1) is 0 Å². The number of nitrogen functional groups attached to an aromatic ring is 1. The molecular formula is C22H24N8O. The van der Waals surface area contributed by atoms with Gasteiger partial charge in [-0.15, -0.1) is 5.10 Å². The van der Waals surface area contributed by atoms with Crippen LogP contribution in [-0.2, 0) is 6.42 Å². The van der Waals surface area contributed by atoms with Gasteiger partial charge in [0.25, 0.3) is 5.78 Å². The Kier molecular flexibility index (Phi) is 4.34. The van der Waals surface area contributed by atoms with Crippen molar-refractivity contribution in [2.75, 3.05) is 30.3 Å². The third kappa shape index (κ3) is 3.31. The molecule has 2 atom stereocenters. The molecule has 9 nitrogen and oxygen atoms in total. The van der Waals surface area contributed by atoms with Crippen molar-refractivity contribution in [1.29, 1.82) is 0 Å². The van der Waals surface area contributed by atoms with E-state index in [1.54, 1.807) is 12.3 Å². The summed E-state index contributed by atoms with van der Waals surface area (Å²) < 4.78 is 6.89. The second-order valence-corrected chi connectivity index (χ2v) is 8.29. The van der Waals surface area contributed by atoms with Gasteiger partial charge < -0.3 is 15.1 Å². The van der Waals surface area contributed by atoms with Crippen LogP contribution in [-0.4, -0.2) is 61.2 Å². The third-order valence-electron chi connectivity index (χ3n) is 6.33. The monoisotopic (exact) mass is 416 g/mol. The lowest BCUT2D eigenvalue weighted by Crippen LogP contribution is -2.57. The number of fused-ring (bicyclic) bond motifs is 2. The average Bonchev–Trinajstić information content (AvgIpc) is 3.53. The summed E-state index contributed by atoms with van der Waals surface area (Å²) in [5.74, 6) is 2.35. The minimum absolute atomic E-state index is 0.270. The van der Waals surface area contributed by atoms with Crippen LogP contribution in [0.1, 0.15) is 18.4 Å². The van der Waals surface area contributed by atoms with Crippen LogP contribution in [0.2, 0.25) is 0 Å². The molecule has 0 radical (unpaired) electrons. The summed E-state index contributed by atoms with van der Waals surface area (Å²) in [5, 5.41) is 4.42. The fourth-order valence-electron chi connectivity index (χ4n) is 4.83. The van der Waals surface area contributed by atoms with Crippen molar-refractivity contribution >= 4 is 17.7 Å². The zero-order valence-electron chi connectivity index (χ0n) is 17.1. The Hall–Kier alpha value is -3.46. The van der Waals surface area contributed by atoms with E-state index in [0.29, 0.717) is 29.4 Å². The number of furan rings is 1. The topological polar surface area (TPSA) is 102 Å². The predicted octanol–water partition coefficient (Wildman–Crippen LogP) is 2.26. The van der Waals surface area contributed by atoms with Crippen molar-refractivity contribution < 1.29 is 4.42 Å². The first-order valence-electron chi connectivity index (χ1n) is 10.7. The number of nitrogens with zero attached hydrogens (tertiary/aromatic N) is 7. The Bertz CT molecular complexity index is 1190. The van der Waals surface area contributed by atoms with Gasteiger partial charge in [0.2, 0.25) is 17.7 Å². The molecule has 0 saturated carbocycles. The summed E-state index contributed by atoms with van der Waals surface area (Å²) in [6, 6.07) is 15.0. The van der Waals surface area contributed by atoms with E-state index in [1.807, 2.05) is 6.07 Å². The number of piperazine rings is 1. The SMILES string of the molecule is Nc1nc(N2CC3CCCN3CC2Cc2ccccc2)nc2nc(-c3ccco3)nn12. The fourth-order valence-corrected chi connectivity index (χ4v) is 4.83. The number of hydrogen-bond acceptors (Lipinski definition) is 8. The molecule has 0 spiro atoms. The summed E-state index contributed by atoms with van der Waals surface area (Å²) in [5.41, 5.74) is 7.59. The zero-order chi connectivity index (χ0) is 20.8. The van der Waals surface area contributed by atoms with E-state index in [4.69, 9.17) is 15.1 Å². The van der Waals surface area contributed by atoms with Crippen LogP contribution < -0.4 is 10.6 Å². The van der Waals surface area contributed by atoms with Crippen molar-refractivity contribution in [3.05, 3.63) is 54.3 Å². The van der Waals surface area contributed by atoms with Crippen molar-refractivity contribution in [2.45, 2.75) is 31.3 Å². The first-order chi connectivity index (χ1) is 15.2. The Labute approximate surface area is 179 Å². The average molecular weight is 416 g/mol. The van der Waals surface area contributed by atoms with Crippen LogP contribution in [0.3, 0.4) is 0 Å². The summed E-state index contributed by atoms with van der Waals surface area (Å²) in [6.07, 6.45) is 4.98. The molecule has 2 saturated heterocycles. The third-order valence-corrected chi connectivity index (χ3v) is 6.33. The van der Waals surface area contributed by atoms with Gasteiger partial charge in [0.1, 0.15) is 0 Å². The Balaban J connectivity index is 1.38. The highest BCUT2D eigenvalue weighted by Gasteiger charge is 2.37. The lowest BCUT2D eigenvalue weighted by atomic mass is 10.0. The predicted molar refractivity (Wildman–Crippen MR) is 117 cm³/mol. The maximum Gasteiger partial charge on any atom is 0.259 e. The van der Waals surface area contributed by atoms with Gasteiger partial charge in [0, 0.05) is 25.2 Å². The van der Waals surface area contributed by atoms with E-state index in [2.05, 4.69) is 55.2 Å². The van der Waals surface area contributed by atoms with Crippen LogP contribution >= 0.6 is 0 Å². The van der Waals surface area contributed by atoms with Gasteiger partial charge in [-0.2, -0.15) is 19.5 Å². The van der Waals surface area contributed by atoms with Crippen molar-refractivity contribution in [1.82, 2.24) is 29.5 Å². The number of benzene rings is 1. The van der Waals surface area contributed by atoms with Crippen LogP contribution in [0.25, 0.3) is 17.4 Å². The molecule has 0 bridgehead atoms. The molecule has 2 unspecified atom stereocenters. The molecule has 2 fully saturated rings. The summed E-state index contributed by atoms with van der Waals surface area (Å²) in [7, 11) is 0. The second-order valence-electron chi connectivity index (χ2n) is 8.29. The highest BCUT2D eigenvalue weighted by molar-refractivity contribution is 5.53. The molecule has 4 aromatic rings. The van der Waals surface area contributed by atoms with Gasteiger partial charge in [0.05, 0.1) is 6.26 Å². The van der Waals surface area contributed by atoms with Gasteiger partial charge in [-0.1, -0.05) is 30.3 Å². The Morgan fingerprint density at radius 1 is 1.03 bits per heavy atom. The molecule has 31 heavy (non-hydrogen) atoms. The van der Waals surface area contributed by atoms with Crippen molar-refractivity contribution in [3.8, 4) is 11.6 Å². The van der Waals surface area contributed by atoms with E-state index in [1.165, 1.54) is 29.5 Å². The normalized spacial score (nSPS) is 21.6. The number of anilines is 2. The summed E-state index contributed by atoms with van der Waals surface area (Å²) in [6.45, 7) is 3.06. The highest BCUT2D eigenvalue weighted by Crippen LogP contribution is 2.29. The first kappa shape index (κ1) is 18.3. The highest BCUT2D eigenvalue weighted by atomic mass is 16.3. The number of rotatable bonds is 4. The molecular weight excluding hydrogens is 392 g/mol. The largest absolute Gasteiger partial charge is 0.461 e. The Morgan fingerprint density at radius 2 is 1.94 bits per heavy atom. The molecule has 0 aliphatic carbocycles. The second kappa shape index (κ2) is 7.35.